The zero-order chi connectivity index (χ0) is 22.0. The van der Waals surface area contributed by atoms with E-state index >= 15 is 0 Å². The molecule has 0 saturated heterocycles. The molecule has 0 aliphatic rings. The molecule has 0 bridgehead atoms. The molecule has 31 heavy (non-hydrogen) atoms. The molecule has 0 aliphatic carbocycles. The Bertz CT molecular complexity index is 1170. The Balaban J connectivity index is 1.58. The van der Waals surface area contributed by atoms with Crippen LogP contribution in [0.1, 0.15) is 25.5 Å². The maximum absolute atomic E-state index is 13.5. The van der Waals surface area contributed by atoms with Gasteiger partial charge in [-0.05, 0) is 55.8 Å². The highest BCUT2D eigenvalue weighted by Gasteiger charge is 2.12. The van der Waals surface area contributed by atoms with E-state index in [-0.39, 0.29) is 17.9 Å². The fraction of sp³-hybridized carbons (Fsp3) is 0.250. The summed E-state index contributed by atoms with van der Waals surface area (Å²) in [5.41, 5.74) is 10.6. The second-order valence-corrected chi connectivity index (χ2v) is 7.96. The second kappa shape index (κ2) is 8.73. The predicted molar refractivity (Wildman–Crippen MR) is 124 cm³/mol. The van der Waals surface area contributed by atoms with Crippen molar-refractivity contribution in [3.8, 4) is 11.3 Å². The fourth-order valence-electron chi connectivity index (χ4n) is 3.65. The number of benzene rings is 2. The number of rotatable bonds is 7. The number of nitrogens with two attached hydrogens (primary N) is 1. The van der Waals surface area contributed by atoms with Gasteiger partial charge in [-0.15, -0.1) is 5.10 Å². The smallest absolute Gasteiger partial charge is 0.154 e. The van der Waals surface area contributed by atoms with Crippen molar-refractivity contribution in [2.24, 2.45) is 5.73 Å². The van der Waals surface area contributed by atoms with E-state index in [9.17, 15) is 4.39 Å². The summed E-state index contributed by atoms with van der Waals surface area (Å²) in [6, 6.07) is 18.7. The summed E-state index contributed by atoms with van der Waals surface area (Å²) < 4.78 is 15.4. The molecule has 0 spiro atoms. The summed E-state index contributed by atoms with van der Waals surface area (Å²) in [5, 5.41) is 8.06. The van der Waals surface area contributed by atoms with Gasteiger partial charge in [0, 0.05) is 30.9 Å². The van der Waals surface area contributed by atoms with E-state index in [0.717, 1.165) is 34.7 Å². The van der Waals surface area contributed by atoms with Gasteiger partial charge in [0.25, 0.3) is 0 Å². The van der Waals surface area contributed by atoms with Crippen LogP contribution in [0.3, 0.4) is 0 Å². The van der Waals surface area contributed by atoms with Crippen LogP contribution in [0.5, 0.6) is 0 Å². The molecule has 2 atom stereocenters. The van der Waals surface area contributed by atoms with Crippen LogP contribution in [0.25, 0.3) is 16.9 Å². The lowest BCUT2D eigenvalue weighted by atomic mass is 10.1. The Kier molecular flexibility index (Phi) is 5.86. The van der Waals surface area contributed by atoms with Gasteiger partial charge in [-0.2, -0.15) is 0 Å². The molecule has 0 amide bonds. The zero-order valence-corrected chi connectivity index (χ0v) is 18.0. The average molecular weight is 419 g/mol. The maximum Gasteiger partial charge on any atom is 0.154 e. The summed E-state index contributed by atoms with van der Waals surface area (Å²) in [6.45, 7) is 4.76. The molecule has 6 nitrogen and oxygen atoms in total. The molecule has 0 radical (unpaired) electrons. The van der Waals surface area contributed by atoms with E-state index in [1.807, 2.05) is 49.8 Å². The van der Waals surface area contributed by atoms with Crippen LogP contribution in [0.2, 0.25) is 0 Å². The van der Waals surface area contributed by atoms with E-state index < -0.39 is 0 Å². The third-order valence-electron chi connectivity index (χ3n) is 5.24. The molecule has 2 heterocycles. The van der Waals surface area contributed by atoms with Crippen molar-refractivity contribution in [3.63, 3.8) is 0 Å². The number of aromatic nitrogens is 3. The first kappa shape index (κ1) is 20.8. The number of hydrogen-bond acceptors (Lipinski definition) is 5. The van der Waals surface area contributed by atoms with Gasteiger partial charge in [-0.1, -0.05) is 24.3 Å². The molecule has 2 aromatic carbocycles. The molecule has 2 aromatic heterocycles. The lowest BCUT2D eigenvalue weighted by molar-refractivity contribution is 0.623. The fourth-order valence-corrected chi connectivity index (χ4v) is 3.65. The number of hydrogen-bond donors (Lipinski definition) is 2. The van der Waals surface area contributed by atoms with Crippen molar-refractivity contribution >= 4 is 17.2 Å². The van der Waals surface area contributed by atoms with Crippen LogP contribution in [0, 0.1) is 5.82 Å². The average Bonchev–Trinajstić information content (AvgIpc) is 3.16. The standard InChI is InChI=1S/C24H27FN6/c1-16(26)15-30(3)21-9-7-18(8-10-21)22-14-27-24-12-11-23(29-31(22)24)28-17(2)19-5-4-6-20(25)13-19/h4-14,16-17H,15,26H2,1-3H3,(H,28,29). The molecule has 7 heteroatoms. The van der Waals surface area contributed by atoms with E-state index in [1.165, 1.54) is 12.1 Å². The van der Waals surface area contributed by atoms with Gasteiger partial charge in [0.1, 0.15) is 11.6 Å². The molecule has 4 rings (SSSR count). The number of nitrogens with zero attached hydrogens (tertiary/aromatic N) is 4. The SMILES string of the molecule is CC(N)CN(C)c1ccc(-c2cnc3ccc(NC(C)c4cccc(F)c4)nn23)cc1. The minimum atomic E-state index is -0.249. The third kappa shape index (κ3) is 4.67. The molecule has 2 unspecified atom stereocenters. The normalized spacial score (nSPS) is 13.2. The highest BCUT2D eigenvalue weighted by molar-refractivity contribution is 5.66. The van der Waals surface area contributed by atoms with Gasteiger partial charge in [0.15, 0.2) is 5.65 Å². The monoisotopic (exact) mass is 418 g/mol. The van der Waals surface area contributed by atoms with Crippen molar-refractivity contribution in [1.82, 2.24) is 14.6 Å². The highest BCUT2D eigenvalue weighted by Crippen LogP contribution is 2.25. The largest absolute Gasteiger partial charge is 0.373 e. The topological polar surface area (TPSA) is 71.5 Å². The Labute approximate surface area is 181 Å². The molecular weight excluding hydrogens is 391 g/mol. The van der Waals surface area contributed by atoms with Crippen LogP contribution in [-0.4, -0.2) is 34.2 Å². The first-order valence-corrected chi connectivity index (χ1v) is 10.3. The number of imidazole rings is 1. The summed E-state index contributed by atoms with van der Waals surface area (Å²) in [7, 11) is 2.03. The Hall–Kier alpha value is -3.45. The van der Waals surface area contributed by atoms with Gasteiger partial charge in [0.2, 0.25) is 0 Å². The zero-order valence-electron chi connectivity index (χ0n) is 18.0. The first-order chi connectivity index (χ1) is 14.9. The van der Waals surface area contributed by atoms with Crippen LogP contribution in [-0.2, 0) is 0 Å². The molecule has 0 aliphatic heterocycles. The number of nitrogens with one attached hydrogen (secondary N) is 1. The van der Waals surface area contributed by atoms with Crippen LogP contribution < -0.4 is 16.0 Å². The number of halogens is 1. The molecule has 4 aromatic rings. The minimum absolute atomic E-state index is 0.0904. The van der Waals surface area contributed by atoms with E-state index in [1.54, 1.807) is 6.07 Å². The summed E-state index contributed by atoms with van der Waals surface area (Å²) in [6.07, 6.45) is 1.82. The lowest BCUT2D eigenvalue weighted by Gasteiger charge is -2.21. The number of fused-ring (bicyclic) bond motifs is 1. The van der Waals surface area contributed by atoms with Crippen LogP contribution in [0.15, 0.2) is 66.9 Å². The van der Waals surface area contributed by atoms with E-state index in [2.05, 4.69) is 39.5 Å². The van der Waals surface area contributed by atoms with Crippen LogP contribution in [0.4, 0.5) is 15.9 Å². The number of likely N-dealkylation sites (N-methyl/N-ethyl adjacent to an activating group) is 1. The van der Waals surface area contributed by atoms with Crippen molar-refractivity contribution in [3.05, 3.63) is 78.2 Å². The van der Waals surface area contributed by atoms with Crippen LogP contribution >= 0.6 is 0 Å². The number of anilines is 2. The van der Waals surface area contributed by atoms with Gasteiger partial charge < -0.3 is 16.0 Å². The Morgan fingerprint density at radius 1 is 1.10 bits per heavy atom. The van der Waals surface area contributed by atoms with Gasteiger partial charge in [0.05, 0.1) is 17.9 Å². The van der Waals surface area contributed by atoms with Gasteiger partial charge in [-0.3, -0.25) is 0 Å². The Morgan fingerprint density at radius 3 is 2.58 bits per heavy atom. The second-order valence-electron chi connectivity index (χ2n) is 7.96. The molecule has 160 valence electrons. The molecule has 0 saturated carbocycles. The predicted octanol–water partition coefficient (Wildman–Crippen LogP) is 4.49. The van der Waals surface area contributed by atoms with Gasteiger partial charge >= 0.3 is 0 Å². The summed E-state index contributed by atoms with van der Waals surface area (Å²) >= 11 is 0. The quantitative estimate of drug-likeness (QED) is 0.463. The maximum atomic E-state index is 13.5. The molecular formula is C24H27FN6. The van der Waals surface area contributed by atoms with Gasteiger partial charge in [-0.25, -0.2) is 13.9 Å². The first-order valence-electron chi connectivity index (χ1n) is 10.3. The van der Waals surface area contributed by atoms with Crippen molar-refractivity contribution in [1.29, 1.82) is 0 Å². The minimum Gasteiger partial charge on any atom is -0.373 e. The molecule has 0 fully saturated rings. The highest BCUT2D eigenvalue weighted by atomic mass is 19.1. The lowest BCUT2D eigenvalue weighted by Crippen LogP contribution is -2.32. The Morgan fingerprint density at radius 2 is 1.87 bits per heavy atom. The van der Waals surface area contributed by atoms with Crippen molar-refractivity contribution in [2.75, 3.05) is 23.8 Å². The molecule has 3 N–H and O–H groups in total. The van der Waals surface area contributed by atoms with Crippen molar-refractivity contribution < 1.29 is 4.39 Å². The summed E-state index contributed by atoms with van der Waals surface area (Å²) in [5.74, 6) is 0.443. The third-order valence-corrected chi connectivity index (χ3v) is 5.24. The van der Waals surface area contributed by atoms with E-state index in [0.29, 0.717) is 5.82 Å². The summed E-state index contributed by atoms with van der Waals surface area (Å²) in [4.78, 5) is 6.61. The van der Waals surface area contributed by atoms with E-state index in [4.69, 9.17) is 10.8 Å². The van der Waals surface area contributed by atoms with Crippen molar-refractivity contribution in [2.45, 2.75) is 25.9 Å².